The predicted molar refractivity (Wildman–Crippen MR) is 121 cm³/mol. The lowest BCUT2D eigenvalue weighted by Crippen LogP contribution is -2.49. The largest absolute Gasteiger partial charge is 0.444 e. The Morgan fingerprint density at radius 1 is 1.21 bits per heavy atom. The molecule has 1 aromatic carbocycles. The molecule has 0 saturated carbocycles. The van der Waals surface area contributed by atoms with E-state index >= 15 is 4.39 Å². The minimum absolute atomic E-state index is 0.156. The van der Waals surface area contributed by atoms with Gasteiger partial charge in [-0.25, -0.2) is 14.0 Å². The van der Waals surface area contributed by atoms with E-state index in [1.54, 1.807) is 22.7 Å². The van der Waals surface area contributed by atoms with E-state index in [1.807, 2.05) is 33.8 Å². The SMILES string of the molecule is C[C@H]1C=C(c2cc3c(cc2F)c(N2CCC(=O)NC2=O)nn3C)CCN1C(=O)OC(C)(C)C. The second kappa shape index (κ2) is 8.17. The van der Waals surface area contributed by atoms with Gasteiger partial charge >= 0.3 is 12.1 Å². The van der Waals surface area contributed by atoms with Crippen molar-refractivity contribution in [2.45, 2.75) is 52.2 Å². The number of carbonyl (C=O) groups is 3. The number of fused-ring (bicyclic) bond motifs is 1. The van der Waals surface area contributed by atoms with Crippen molar-refractivity contribution in [1.82, 2.24) is 20.0 Å². The van der Waals surface area contributed by atoms with E-state index in [0.29, 0.717) is 35.2 Å². The molecule has 1 N–H and O–H groups in total. The molecule has 0 aliphatic carbocycles. The molecule has 0 unspecified atom stereocenters. The smallest absolute Gasteiger partial charge is 0.410 e. The van der Waals surface area contributed by atoms with Gasteiger partial charge in [-0.1, -0.05) is 6.08 Å². The molecular formula is C23H28FN5O4. The van der Waals surface area contributed by atoms with Gasteiger partial charge < -0.3 is 9.64 Å². The Morgan fingerprint density at radius 2 is 1.94 bits per heavy atom. The van der Waals surface area contributed by atoms with Crippen LogP contribution in [0.5, 0.6) is 0 Å². The highest BCUT2D eigenvalue weighted by atomic mass is 19.1. The number of nitrogens with one attached hydrogen (secondary N) is 1. The van der Waals surface area contributed by atoms with Crippen molar-refractivity contribution < 1.29 is 23.5 Å². The molecule has 10 heteroatoms. The van der Waals surface area contributed by atoms with E-state index in [0.717, 1.165) is 5.57 Å². The number of aromatic nitrogens is 2. The predicted octanol–water partition coefficient (Wildman–Crippen LogP) is 3.57. The van der Waals surface area contributed by atoms with Crippen molar-refractivity contribution in [2.24, 2.45) is 7.05 Å². The lowest BCUT2D eigenvalue weighted by Gasteiger charge is -2.34. The normalized spacial score (nSPS) is 19.6. The first-order valence-corrected chi connectivity index (χ1v) is 10.9. The highest BCUT2D eigenvalue weighted by molar-refractivity contribution is 6.09. The zero-order valence-corrected chi connectivity index (χ0v) is 19.4. The van der Waals surface area contributed by atoms with E-state index in [-0.39, 0.29) is 24.9 Å². The van der Waals surface area contributed by atoms with E-state index < -0.39 is 23.5 Å². The Kier molecular flexibility index (Phi) is 5.63. The summed E-state index contributed by atoms with van der Waals surface area (Å²) in [6.07, 6.45) is 2.12. The van der Waals surface area contributed by atoms with Gasteiger partial charge in [0.2, 0.25) is 5.91 Å². The molecule has 1 aromatic heterocycles. The standard InChI is InChI=1S/C23H28FN5O4/c1-13-10-14(6-8-28(13)22(32)33-23(2,3)4)15-12-18-16(11-17(15)24)20(26-27(18)5)29-9-7-19(30)25-21(29)31/h10-13H,6-9H2,1-5H3,(H,25,30,31)/t13-/m0/s1. The van der Waals surface area contributed by atoms with Crippen LogP contribution in [0.1, 0.15) is 46.1 Å². The molecular weight excluding hydrogens is 429 g/mol. The number of urea groups is 1. The number of benzene rings is 1. The minimum Gasteiger partial charge on any atom is -0.444 e. The average molecular weight is 458 g/mol. The number of hydrogen-bond donors (Lipinski definition) is 1. The summed E-state index contributed by atoms with van der Waals surface area (Å²) in [4.78, 5) is 39.2. The number of rotatable bonds is 2. The van der Waals surface area contributed by atoms with Gasteiger partial charge in [0.1, 0.15) is 11.4 Å². The van der Waals surface area contributed by atoms with Gasteiger partial charge in [-0.15, -0.1) is 0 Å². The van der Waals surface area contributed by atoms with Crippen molar-refractivity contribution in [2.75, 3.05) is 18.0 Å². The molecule has 1 atom stereocenters. The maximum atomic E-state index is 15.3. The maximum Gasteiger partial charge on any atom is 0.410 e. The number of imide groups is 1. The molecule has 2 aliphatic heterocycles. The van der Waals surface area contributed by atoms with Crippen LogP contribution in [0.4, 0.5) is 19.8 Å². The lowest BCUT2D eigenvalue weighted by atomic mass is 9.95. The highest BCUT2D eigenvalue weighted by Gasteiger charge is 2.31. The third-order valence-electron chi connectivity index (χ3n) is 5.76. The van der Waals surface area contributed by atoms with Crippen LogP contribution in [0.2, 0.25) is 0 Å². The molecule has 4 rings (SSSR count). The van der Waals surface area contributed by atoms with Crippen LogP contribution in [0.25, 0.3) is 16.5 Å². The summed E-state index contributed by atoms with van der Waals surface area (Å²) in [6.45, 7) is 7.93. The summed E-state index contributed by atoms with van der Waals surface area (Å²) in [7, 11) is 1.72. The maximum absolute atomic E-state index is 15.3. The van der Waals surface area contributed by atoms with E-state index in [1.165, 1.54) is 11.0 Å². The number of aryl methyl sites for hydroxylation is 1. The van der Waals surface area contributed by atoms with E-state index in [4.69, 9.17) is 4.74 Å². The van der Waals surface area contributed by atoms with Gasteiger partial charge in [0.25, 0.3) is 0 Å². The first-order valence-electron chi connectivity index (χ1n) is 10.9. The fraction of sp³-hybridized carbons (Fsp3) is 0.478. The van der Waals surface area contributed by atoms with Crippen LogP contribution >= 0.6 is 0 Å². The summed E-state index contributed by atoms with van der Waals surface area (Å²) in [5, 5.41) is 7.17. The van der Waals surface area contributed by atoms with Crippen LogP contribution in [0.15, 0.2) is 18.2 Å². The van der Waals surface area contributed by atoms with Crippen molar-refractivity contribution in [3.05, 3.63) is 29.6 Å². The zero-order valence-electron chi connectivity index (χ0n) is 19.4. The molecule has 2 aromatic rings. The third kappa shape index (κ3) is 4.42. The second-order valence-corrected chi connectivity index (χ2v) is 9.41. The Labute approximate surface area is 191 Å². The van der Waals surface area contributed by atoms with Crippen LogP contribution in [0, 0.1) is 5.82 Å². The molecule has 9 nitrogen and oxygen atoms in total. The van der Waals surface area contributed by atoms with Crippen molar-refractivity contribution >= 4 is 40.3 Å². The summed E-state index contributed by atoms with van der Waals surface area (Å²) in [5.41, 5.74) is 1.30. The number of anilines is 1. The molecule has 176 valence electrons. The Balaban J connectivity index is 1.65. The average Bonchev–Trinajstić information content (AvgIpc) is 3.01. The van der Waals surface area contributed by atoms with Crippen molar-refractivity contribution in [3.63, 3.8) is 0 Å². The van der Waals surface area contributed by atoms with Gasteiger partial charge in [0.15, 0.2) is 5.82 Å². The van der Waals surface area contributed by atoms with Crippen molar-refractivity contribution in [1.29, 1.82) is 0 Å². The fourth-order valence-electron chi connectivity index (χ4n) is 4.18. The minimum atomic E-state index is -0.590. The molecule has 0 bridgehead atoms. The molecule has 2 aliphatic rings. The van der Waals surface area contributed by atoms with Gasteiger partial charge in [0, 0.05) is 37.5 Å². The molecule has 4 amide bonds. The van der Waals surface area contributed by atoms with Crippen molar-refractivity contribution in [3.8, 4) is 0 Å². The molecule has 0 radical (unpaired) electrons. The number of ether oxygens (including phenoxy) is 1. The highest BCUT2D eigenvalue weighted by Crippen LogP contribution is 2.34. The fourth-order valence-corrected chi connectivity index (χ4v) is 4.18. The molecule has 1 saturated heterocycles. The second-order valence-electron chi connectivity index (χ2n) is 9.41. The van der Waals surface area contributed by atoms with Crippen LogP contribution in [0.3, 0.4) is 0 Å². The summed E-state index contributed by atoms with van der Waals surface area (Å²) < 4.78 is 22.3. The van der Waals surface area contributed by atoms with Gasteiger partial charge in [-0.2, -0.15) is 5.10 Å². The summed E-state index contributed by atoms with van der Waals surface area (Å²) >= 11 is 0. The van der Waals surface area contributed by atoms with E-state index in [9.17, 15) is 14.4 Å². The topological polar surface area (TPSA) is 96.8 Å². The molecule has 1 fully saturated rings. The molecule has 33 heavy (non-hydrogen) atoms. The summed E-state index contributed by atoms with van der Waals surface area (Å²) in [6, 6.07) is 2.27. The Bertz CT molecular complexity index is 1180. The first-order chi connectivity index (χ1) is 15.4. The quantitative estimate of drug-likeness (QED) is 0.744. The first kappa shape index (κ1) is 22.8. The van der Waals surface area contributed by atoms with Gasteiger partial charge in [-0.05, 0) is 51.8 Å². The molecule has 3 heterocycles. The number of carbonyl (C=O) groups excluding carboxylic acids is 3. The third-order valence-corrected chi connectivity index (χ3v) is 5.76. The Morgan fingerprint density at radius 3 is 2.58 bits per heavy atom. The summed E-state index contributed by atoms with van der Waals surface area (Å²) in [5.74, 6) is -0.469. The van der Waals surface area contributed by atoms with Crippen LogP contribution < -0.4 is 10.2 Å². The van der Waals surface area contributed by atoms with E-state index in [2.05, 4.69) is 10.4 Å². The zero-order chi connectivity index (χ0) is 24.1. The Hall–Kier alpha value is -3.43. The number of amides is 4. The molecule has 0 spiro atoms. The lowest BCUT2D eigenvalue weighted by molar-refractivity contribution is -0.120. The van der Waals surface area contributed by atoms with Gasteiger partial charge in [-0.3, -0.25) is 19.7 Å². The number of halogens is 1. The van der Waals surface area contributed by atoms with Crippen LogP contribution in [-0.2, 0) is 16.6 Å². The number of hydrogen-bond acceptors (Lipinski definition) is 5. The van der Waals surface area contributed by atoms with Gasteiger partial charge in [0.05, 0.1) is 11.6 Å². The number of nitrogens with zero attached hydrogens (tertiary/aromatic N) is 4. The van der Waals surface area contributed by atoms with Crippen LogP contribution in [-0.4, -0.2) is 57.4 Å². The monoisotopic (exact) mass is 457 g/mol.